The number of methoxy groups -OCH3 is 1. The van der Waals surface area contributed by atoms with Gasteiger partial charge in [-0.15, -0.1) is 0 Å². The third kappa shape index (κ3) is 2.88. The summed E-state index contributed by atoms with van der Waals surface area (Å²) in [4.78, 5) is 22.2. The van der Waals surface area contributed by atoms with E-state index in [9.17, 15) is 4.79 Å². The van der Waals surface area contributed by atoms with Crippen LogP contribution in [0.15, 0.2) is 12.3 Å². The van der Waals surface area contributed by atoms with Crippen molar-refractivity contribution in [2.24, 2.45) is 0 Å². The van der Waals surface area contributed by atoms with Crippen LogP contribution in [-0.2, 0) is 12.8 Å². The van der Waals surface area contributed by atoms with Gasteiger partial charge in [0.2, 0.25) is 5.88 Å². The van der Waals surface area contributed by atoms with Gasteiger partial charge in [0.15, 0.2) is 0 Å². The van der Waals surface area contributed by atoms with E-state index in [1.54, 1.807) is 18.0 Å². The molecule has 2 aromatic rings. The normalized spacial score (nSPS) is 23.6. The third-order valence-corrected chi connectivity index (χ3v) is 6.56. The number of ether oxygens (including phenoxy) is 1. The lowest BCUT2D eigenvalue weighted by molar-refractivity contribution is 0.168. The number of piperidine rings is 1. The van der Waals surface area contributed by atoms with E-state index in [0.29, 0.717) is 16.9 Å². The predicted octanol–water partition coefficient (Wildman–Crippen LogP) is 2.84. The molecule has 2 bridgehead atoms. The van der Waals surface area contributed by atoms with Crippen LogP contribution in [0.1, 0.15) is 30.5 Å². The molecule has 0 saturated carbocycles. The molecule has 6 rings (SSSR count). The highest BCUT2D eigenvalue weighted by Crippen LogP contribution is 2.35. The predicted molar refractivity (Wildman–Crippen MR) is 106 cm³/mol. The molecule has 4 aliphatic rings. The minimum atomic E-state index is 0.0192. The van der Waals surface area contributed by atoms with Crippen LogP contribution in [0.2, 0.25) is 5.02 Å². The topological polar surface area (TPSA) is 63.5 Å². The number of carbonyl (C=O) groups excluding carboxylic acids is 1. The fourth-order valence-electron chi connectivity index (χ4n) is 4.79. The van der Waals surface area contributed by atoms with E-state index in [0.717, 1.165) is 80.8 Å². The summed E-state index contributed by atoms with van der Waals surface area (Å²) in [6.45, 7) is 3.92. The Hall–Kier alpha value is -2.12. The quantitative estimate of drug-likeness (QED) is 0.774. The van der Waals surface area contributed by atoms with E-state index in [2.05, 4.69) is 9.88 Å². The first-order chi connectivity index (χ1) is 13.7. The summed E-state index contributed by atoms with van der Waals surface area (Å²) in [5, 5.41) is 5.21. The molecule has 3 fully saturated rings. The molecule has 1 amide bonds. The highest BCUT2D eigenvalue weighted by Gasteiger charge is 2.35. The zero-order chi connectivity index (χ0) is 19.3. The number of rotatable bonds is 2. The Balaban J connectivity index is 1.52. The molecule has 8 heteroatoms. The van der Waals surface area contributed by atoms with E-state index < -0.39 is 0 Å². The average Bonchev–Trinajstić information content (AvgIpc) is 3.19. The molecule has 7 nitrogen and oxygen atoms in total. The van der Waals surface area contributed by atoms with E-state index >= 15 is 0 Å². The van der Waals surface area contributed by atoms with Crippen molar-refractivity contribution in [3.63, 3.8) is 0 Å². The second-order valence-electron chi connectivity index (χ2n) is 7.80. The van der Waals surface area contributed by atoms with Crippen LogP contribution in [0.4, 0.5) is 4.79 Å². The van der Waals surface area contributed by atoms with Gasteiger partial charge >= 0.3 is 6.03 Å². The zero-order valence-electron chi connectivity index (χ0n) is 16.0. The van der Waals surface area contributed by atoms with Crippen LogP contribution in [-0.4, -0.2) is 69.9 Å². The number of nitrogens with zero attached hydrogens (tertiary/aromatic N) is 5. The third-order valence-electron chi connectivity index (χ3n) is 6.29. The first-order valence-electron chi connectivity index (χ1n) is 9.99. The van der Waals surface area contributed by atoms with Crippen molar-refractivity contribution in [2.45, 2.75) is 38.1 Å². The average molecular weight is 402 g/mol. The van der Waals surface area contributed by atoms with Crippen LogP contribution in [0.5, 0.6) is 5.88 Å². The Kier molecular flexibility index (Phi) is 4.51. The summed E-state index contributed by atoms with van der Waals surface area (Å²) in [7, 11) is 1.55. The maximum Gasteiger partial charge on any atom is 0.345 e. The highest BCUT2D eigenvalue weighted by atomic mass is 35.5. The van der Waals surface area contributed by atoms with E-state index in [1.807, 2.05) is 11.0 Å². The zero-order valence-corrected chi connectivity index (χ0v) is 16.8. The second kappa shape index (κ2) is 7.04. The lowest BCUT2D eigenvalue weighted by Crippen LogP contribution is -2.44. The van der Waals surface area contributed by atoms with Crippen molar-refractivity contribution in [3.05, 3.63) is 28.5 Å². The molecule has 0 radical (unpaired) electrons. The number of amides is 1. The summed E-state index contributed by atoms with van der Waals surface area (Å²) in [5.74, 6) is 0.396. The lowest BCUT2D eigenvalue weighted by Gasteiger charge is -2.31. The summed E-state index contributed by atoms with van der Waals surface area (Å²) in [6, 6.07) is 2.17. The summed E-state index contributed by atoms with van der Waals surface area (Å²) in [5.41, 5.74) is 3.85. The Morgan fingerprint density at radius 2 is 2.04 bits per heavy atom. The van der Waals surface area contributed by atoms with Gasteiger partial charge in [-0.1, -0.05) is 11.6 Å². The van der Waals surface area contributed by atoms with Crippen molar-refractivity contribution in [1.82, 2.24) is 24.6 Å². The van der Waals surface area contributed by atoms with Gasteiger partial charge in [0.05, 0.1) is 18.5 Å². The van der Waals surface area contributed by atoms with Gasteiger partial charge < -0.3 is 14.5 Å². The molecule has 28 heavy (non-hydrogen) atoms. The molecular formula is C20H24ClN5O2. The highest BCUT2D eigenvalue weighted by molar-refractivity contribution is 6.32. The lowest BCUT2D eigenvalue weighted by atomic mass is 10.1. The summed E-state index contributed by atoms with van der Waals surface area (Å²) >= 11 is 6.28. The van der Waals surface area contributed by atoms with Crippen LogP contribution >= 0.6 is 11.6 Å². The smallest absolute Gasteiger partial charge is 0.345 e. The first kappa shape index (κ1) is 17.9. The number of halogens is 1. The summed E-state index contributed by atoms with van der Waals surface area (Å²) in [6.07, 6.45) is 6.69. The van der Waals surface area contributed by atoms with Gasteiger partial charge in [-0.05, 0) is 38.2 Å². The molecule has 0 spiro atoms. The van der Waals surface area contributed by atoms with Crippen molar-refractivity contribution in [3.8, 4) is 17.1 Å². The number of pyridine rings is 1. The minimum Gasteiger partial charge on any atom is -0.480 e. The van der Waals surface area contributed by atoms with Crippen LogP contribution in [0.3, 0.4) is 0 Å². The number of carbonyl (C=O) groups is 1. The maximum absolute atomic E-state index is 13.5. The fourth-order valence-corrected chi connectivity index (χ4v) is 5.04. The largest absolute Gasteiger partial charge is 0.480 e. The molecule has 5 heterocycles. The van der Waals surface area contributed by atoms with Crippen LogP contribution in [0, 0.1) is 0 Å². The number of hydrogen-bond donors (Lipinski definition) is 0. The first-order valence-corrected chi connectivity index (χ1v) is 10.4. The number of fused-ring (bicyclic) bond motifs is 5. The molecular weight excluding hydrogens is 378 g/mol. The van der Waals surface area contributed by atoms with Crippen molar-refractivity contribution >= 4 is 17.6 Å². The standard InChI is InChI=1S/C20H24ClN5O2/c1-28-19-16(21)11-13(12-22-19)18-15-3-2-4-17(15)26(23-18)20(27)25-10-9-24-7-5-14(25)6-8-24/h11-12,14H,2-10H2,1H3. The molecule has 0 aromatic carbocycles. The maximum atomic E-state index is 13.5. The number of aromatic nitrogens is 3. The minimum absolute atomic E-state index is 0.0192. The second-order valence-corrected chi connectivity index (χ2v) is 8.21. The van der Waals surface area contributed by atoms with Crippen molar-refractivity contribution in [1.29, 1.82) is 0 Å². The molecule has 0 unspecified atom stereocenters. The molecule has 0 N–H and O–H groups in total. The molecule has 148 valence electrons. The molecule has 3 saturated heterocycles. The Bertz CT molecular complexity index is 920. The molecule has 2 aromatic heterocycles. The van der Waals surface area contributed by atoms with Gasteiger partial charge in [-0.25, -0.2) is 9.78 Å². The van der Waals surface area contributed by atoms with Crippen molar-refractivity contribution in [2.75, 3.05) is 33.3 Å². The Labute approximate surface area is 169 Å². The van der Waals surface area contributed by atoms with Crippen LogP contribution in [0.25, 0.3) is 11.3 Å². The molecule has 3 aliphatic heterocycles. The fraction of sp³-hybridized carbons (Fsp3) is 0.550. The van der Waals surface area contributed by atoms with Crippen LogP contribution < -0.4 is 4.74 Å². The Morgan fingerprint density at radius 1 is 1.21 bits per heavy atom. The summed E-state index contributed by atoms with van der Waals surface area (Å²) < 4.78 is 6.81. The van der Waals surface area contributed by atoms with Gasteiger partial charge in [-0.3, -0.25) is 0 Å². The van der Waals surface area contributed by atoms with E-state index in [-0.39, 0.29) is 6.03 Å². The van der Waals surface area contributed by atoms with E-state index in [4.69, 9.17) is 21.4 Å². The van der Waals surface area contributed by atoms with E-state index in [1.165, 1.54) is 0 Å². The van der Waals surface area contributed by atoms with Gasteiger partial charge in [0, 0.05) is 49.5 Å². The number of hydrogen-bond acceptors (Lipinski definition) is 5. The van der Waals surface area contributed by atoms with Gasteiger partial charge in [0.1, 0.15) is 5.02 Å². The van der Waals surface area contributed by atoms with Gasteiger partial charge in [0.25, 0.3) is 0 Å². The monoisotopic (exact) mass is 401 g/mol. The Morgan fingerprint density at radius 3 is 2.79 bits per heavy atom. The van der Waals surface area contributed by atoms with Gasteiger partial charge in [-0.2, -0.15) is 9.78 Å². The molecule has 0 atom stereocenters. The van der Waals surface area contributed by atoms with Crippen molar-refractivity contribution < 1.29 is 9.53 Å². The SMILES string of the molecule is COc1ncc(-c2nn(C(=O)N3CCN4CCC3CC4)c3c2CCC3)cc1Cl. The molecule has 1 aliphatic carbocycles.